The van der Waals surface area contributed by atoms with Crippen LogP contribution in [0.4, 0.5) is 10.5 Å². The van der Waals surface area contributed by atoms with E-state index in [2.05, 4.69) is 16.0 Å². The van der Waals surface area contributed by atoms with Gasteiger partial charge < -0.3 is 41.0 Å². The number of aryl methyl sites for hydroxylation is 1. The largest absolute Gasteiger partial charge is 0.481 e. The van der Waals surface area contributed by atoms with Crippen LogP contribution < -0.4 is 21.7 Å². The van der Waals surface area contributed by atoms with E-state index in [9.17, 15) is 24.0 Å². The zero-order valence-corrected chi connectivity index (χ0v) is 25.5. The molecule has 242 valence electrons. The molecule has 0 unspecified atom stereocenters. The minimum Gasteiger partial charge on any atom is -0.481 e. The lowest BCUT2D eigenvalue weighted by molar-refractivity contribution is -0.138. The highest BCUT2D eigenvalue weighted by molar-refractivity contribution is 5.97. The van der Waals surface area contributed by atoms with Gasteiger partial charge in [-0.3, -0.25) is 19.2 Å². The van der Waals surface area contributed by atoms with Crippen molar-refractivity contribution in [2.24, 2.45) is 17.6 Å². The number of primary amides is 1. The Morgan fingerprint density at radius 1 is 0.884 bits per heavy atom. The number of nitrogens with two attached hydrogens (primary N) is 1. The normalized spacial score (nSPS) is 12.4. The summed E-state index contributed by atoms with van der Waals surface area (Å²) in [5, 5.41) is 16.7. The number of rotatable bonds is 24. The van der Waals surface area contributed by atoms with Gasteiger partial charge >= 0.3 is 12.0 Å². The molecule has 43 heavy (non-hydrogen) atoms. The van der Waals surface area contributed by atoms with Gasteiger partial charge in [0.05, 0.1) is 52.1 Å². The van der Waals surface area contributed by atoms with E-state index in [1.165, 1.54) is 0 Å². The molecule has 0 spiro atoms. The van der Waals surface area contributed by atoms with Crippen molar-refractivity contribution >= 4 is 35.3 Å². The molecule has 6 N–H and O–H groups in total. The number of nitrogens with one attached hydrogen (secondary N) is 3. The lowest BCUT2D eigenvalue weighted by atomic mass is 9.89. The number of carbonyl (C=O) groups excluding carboxylic acids is 4. The third-order valence-corrected chi connectivity index (χ3v) is 6.48. The van der Waals surface area contributed by atoms with Crippen molar-refractivity contribution in [2.75, 3.05) is 51.5 Å². The molecule has 0 heterocycles. The van der Waals surface area contributed by atoms with Crippen molar-refractivity contribution in [1.29, 1.82) is 0 Å². The van der Waals surface area contributed by atoms with E-state index in [1.54, 1.807) is 0 Å². The van der Waals surface area contributed by atoms with Gasteiger partial charge in [-0.2, -0.15) is 0 Å². The summed E-state index contributed by atoms with van der Waals surface area (Å²) in [5.41, 5.74) is 6.89. The molecule has 0 bridgehead atoms. The van der Waals surface area contributed by atoms with Crippen molar-refractivity contribution in [3.63, 3.8) is 0 Å². The number of aliphatic carboxylic acids is 1. The number of ether oxygens (including phenoxy) is 3. The Morgan fingerprint density at radius 2 is 1.47 bits per heavy atom. The molecule has 0 aliphatic carbocycles. The number of anilines is 1. The first-order valence-corrected chi connectivity index (χ1v) is 14.7. The molecule has 1 rings (SSSR count). The van der Waals surface area contributed by atoms with Crippen LogP contribution in [0.25, 0.3) is 0 Å². The highest BCUT2D eigenvalue weighted by Crippen LogP contribution is 2.19. The van der Waals surface area contributed by atoms with Gasteiger partial charge in [0, 0.05) is 31.0 Å². The Kier molecular flexibility index (Phi) is 19.2. The predicted octanol–water partition coefficient (Wildman–Crippen LogP) is 2.27. The van der Waals surface area contributed by atoms with E-state index in [0.717, 1.165) is 12.0 Å². The van der Waals surface area contributed by atoms with Gasteiger partial charge in [0.1, 0.15) is 0 Å². The van der Waals surface area contributed by atoms with E-state index in [4.69, 9.17) is 25.1 Å². The molecule has 0 radical (unpaired) electrons. The van der Waals surface area contributed by atoms with Crippen molar-refractivity contribution in [2.45, 2.75) is 65.3 Å². The quantitative estimate of drug-likeness (QED) is 0.109. The van der Waals surface area contributed by atoms with Crippen LogP contribution in [0, 0.1) is 11.8 Å². The number of carboxylic acids is 1. The molecule has 0 fully saturated rings. The fraction of sp³-hybridized carbons (Fsp3) is 0.633. The standard InChI is InChI=1S/C30H48N4O9/c1-4-22-7-9-24(10-8-22)33-29(39)23(6-5-13-32-30(31)40)20-25(35)28(21(2)3)34-26(36)11-14-41-16-18-43-19-17-42-15-12-27(37)38/h7-10,21,23,28H,4-6,11-20H2,1-3H3,(H,33,39)(H,34,36)(H,37,38)(H3,31,32,40)/t23-,28+/m1/s1. The number of carboxylic acid groups (broad SMARTS) is 1. The summed E-state index contributed by atoms with van der Waals surface area (Å²) < 4.78 is 15.9. The lowest BCUT2D eigenvalue weighted by Crippen LogP contribution is -2.45. The van der Waals surface area contributed by atoms with Crippen LogP contribution in [0.5, 0.6) is 0 Å². The number of urea groups is 1. The summed E-state index contributed by atoms with van der Waals surface area (Å²) in [5.74, 6) is -2.71. The van der Waals surface area contributed by atoms with Crippen molar-refractivity contribution < 1.29 is 43.3 Å². The molecule has 0 saturated carbocycles. The number of amides is 4. The summed E-state index contributed by atoms with van der Waals surface area (Å²) in [6.07, 6.45) is 1.57. The molecule has 0 aromatic heterocycles. The number of Topliss-reactive ketones (excluding diaryl/α,β-unsaturated/α-hetero) is 1. The number of benzene rings is 1. The average molecular weight is 609 g/mol. The van der Waals surface area contributed by atoms with Gasteiger partial charge in [-0.05, 0) is 42.9 Å². The Labute approximate surface area is 253 Å². The first-order chi connectivity index (χ1) is 20.5. The van der Waals surface area contributed by atoms with Crippen molar-refractivity contribution in [3.8, 4) is 0 Å². The highest BCUT2D eigenvalue weighted by Gasteiger charge is 2.29. The minimum atomic E-state index is -0.922. The molecule has 13 nitrogen and oxygen atoms in total. The van der Waals surface area contributed by atoms with E-state index < -0.39 is 24.0 Å². The zero-order valence-electron chi connectivity index (χ0n) is 25.5. The van der Waals surface area contributed by atoms with E-state index in [1.807, 2.05) is 45.0 Å². The van der Waals surface area contributed by atoms with Gasteiger partial charge in [-0.25, -0.2) is 4.79 Å². The minimum absolute atomic E-state index is 0.0469. The second-order valence-electron chi connectivity index (χ2n) is 10.4. The van der Waals surface area contributed by atoms with Gasteiger partial charge in [0.2, 0.25) is 11.8 Å². The maximum atomic E-state index is 13.3. The van der Waals surface area contributed by atoms with Crippen LogP contribution in [0.1, 0.15) is 58.4 Å². The Morgan fingerprint density at radius 3 is 2.00 bits per heavy atom. The predicted molar refractivity (Wildman–Crippen MR) is 160 cm³/mol. The van der Waals surface area contributed by atoms with Crippen LogP contribution in [0.3, 0.4) is 0 Å². The van der Waals surface area contributed by atoms with Crippen LogP contribution in [0.15, 0.2) is 24.3 Å². The summed E-state index contributed by atoms with van der Waals surface area (Å²) in [6.45, 7) is 7.35. The van der Waals surface area contributed by atoms with Crippen LogP contribution in [-0.2, 0) is 39.8 Å². The lowest BCUT2D eigenvalue weighted by Gasteiger charge is -2.24. The Bertz CT molecular complexity index is 1000. The molecule has 13 heteroatoms. The second-order valence-corrected chi connectivity index (χ2v) is 10.4. The molecular formula is C30H48N4O9. The molecule has 4 amide bonds. The Balaban J connectivity index is 2.56. The van der Waals surface area contributed by atoms with E-state index in [-0.39, 0.29) is 82.4 Å². The van der Waals surface area contributed by atoms with Gasteiger partial charge in [0.15, 0.2) is 5.78 Å². The number of hydrogen-bond acceptors (Lipinski definition) is 8. The van der Waals surface area contributed by atoms with Crippen LogP contribution in [0.2, 0.25) is 0 Å². The molecular weight excluding hydrogens is 560 g/mol. The zero-order chi connectivity index (χ0) is 32.0. The molecule has 1 aromatic rings. The van der Waals surface area contributed by atoms with Crippen molar-refractivity contribution in [3.05, 3.63) is 29.8 Å². The number of hydrogen-bond donors (Lipinski definition) is 5. The smallest absolute Gasteiger partial charge is 0.312 e. The summed E-state index contributed by atoms with van der Waals surface area (Å²) in [4.78, 5) is 60.5. The third kappa shape index (κ3) is 17.9. The SMILES string of the molecule is CCc1ccc(NC(=O)[C@H](CCCNC(N)=O)CC(=O)[C@@H](NC(=O)CCOCCOCCOCCC(=O)O)C(C)C)cc1. The van der Waals surface area contributed by atoms with Crippen molar-refractivity contribution in [1.82, 2.24) is 10.6 Å². The van der Waals surface area contributed by atoms with Gasteiger partial charge in [-0.1, -0.05) is 32.9 Å². The third-order valence-electron chi connectivity index (χ3n) is 6.48. The topological polar surface area (TPSA) is 195 Å². The molecule has 0 aliphatic rings. The summed E-state index contributed by atoms with van der Waals surface area (Å²) in [6, 6.07) is 6.04. The van der Waals surface area contributed by atoms with Gasteiger partial charge in [-0.15, -0.1) is 0 Å². The maximum Gasteiger partial charge on any atom is 0.312 e. The fourth-order valence-corrected chi connectivity index (χ4v) is 4.05. The molecule has 1 aromatic carbocycles. The first-order valence-electron chi connectivity index (χ1n) is 14.7. The average Bonchev–Trinajstić information content (AvgIpc) is 2.95. The van der Waals surface area contributed by atoms with Gasteiger partial charge in [0.25, 0.3) is 0 Å². The fourth-order valence-electron chi connectivity index (χ4n) is 4.05. The summed E-state index contributed by atoms with van der Waals surface area (Å²) >= 11 is 0. The molecule has 0 saturated heterocycles. The van der Waals surface area contributed by atoms with E-state index in [0.29, 0.717) is 25.1 Å². The Hall–Kier alpha value is -3.55. The van der Waals surface area contributed by atoms with E-state index >= 15 is 0 Å². The van der Waals surface area contributed by atoms with Crippen LogP contribution >= 0.6 is 0 Å². The summed E-state index contributed by atoms with van der Waals surface area (Å²) in [7, 11) is 0. The van der Waals surface area contributed by atoms with Crippen LogP contribution in [-0.4, -0.2) is 86.9 Å². The number of ketones is 1. The molecule has 0 aliphatic heterocycles. The highest BCUT2D eigenvalue weighted by atomic mass is 16.5. The number of carbonyl (C=O) groups is 5. The molecule has 2 atom stereocenters. The second kappa shape index (κ2) is 22.1. The maximum absolute atomic E-state index is 13.3. The first kappa shape index (κ1) is 37.5. The monoisotopic (exact) mass is 608 g/mol.